The molecule has 1 aromatic rings. The topological polar surface area (TPSA) is 58.2 Å². The second kappa shape index (κ2) is 9.33. The minimum absolute atomic E-state index is 0.0167. The van der Waals surface area contributed by atoms with Gasteiger partial charge in [-0.2, -0.15) is 0 Å². The predicted octanol–water partition coefficient (Wildman–Crippen LogP) is 4.05. The van der Waals surface area contributed by atoms with Gasteiger partial charge >= 0.3 is 0 Å². The fourth-order valence-electron chi connectivity index (χ4n) is 2.93. The van der Waals surface area contributed by atoms with Crippen molar-refractivity contribution >= 4 is 17.5 Å². The molecule has 0 bridgehead atoms. The lowest BCUT2D eigenvalue weighted by Gasteiger charge is -2.10. The van der Waals surface area contributed by atoms with E-state index in [1.165, 1.54) is 32.1 Å². The van der Waals surface area contributed by atoms with Gasteiger partial charge in [0.05, 0.1) is 0 Å². The van der Waals surface area contributed by atoms with E-state index in [1.807, 2.05) is 12.1 Å². The van der Waals surface area contributed by atoms with Crippen LogP contribution in [0.25, 0.3) is 0 Å². The summed E-state index contributed by atoms with van der Waals surface area (Å²) in [5, 5.41) is 5.89. The van der Waals surface area contributed by atoms with Crippen molar-refractivity contribution in [3.05, 3.63) is 29.3 Å². The van der Waals surface area contributed by atoms with E-state index in [0.29, 0.717) is 12.0 Å². The Kier molecular flexibility index (Phi) is 7.11. The third kappa shape index (κ3) is 5.70. The summed E-state index contributed by atoms with van der Waals surface area (Å²) in [5.41, 5.74) is 2.59. The average molecular weight is 316 g/mol. The summed E-state index contributed by atoms with van der Waals surface area (Å²) in [5.74, 6) is 0.0426. The quantitative estimate of drug-likeness (QED) is 0.711. The monoisotopic (exact) mass is 316 g/mol. The van der Waals surface area contributed by atoms with E-state index in [9.17, 15) is 9.59 Å². The van der Waals surface area contributed by atoms with Crippen LogP contribution in [0.1, 0.15) is 74.2 Å². The number of aryl methyl sites for hydroxylation is 1. The van der Waals surface area contributed by atoms with Crippen molar-refractivity contribution in [2.75, 3.05) is 11.9 Å². The zero-order valence-corrected chi connectivity index (χ0v) is 14.1. The fourth-order valence-corrected chi connectivity index (χ4v) is 2.93. The average Bonchev–Trinajstić information content (AvgIpc) is 2.73. The third-order valence-electron chi connectivity index (χ3n) is 4.31. The van der Waals surface area contributed by atoms with Crippen LogP contribution in [0, 0.1) is 0 Å². The summed E-state index contributed by atoms with van der Waals surface area (Å²) in [7, 11) is 0. The Bertz CT molecular complexity index is 540. The molecule has 4 nitrogen and oxygen atoms in total. The second-order valence-corrected chi connectivity index (χ2v) is 6.30. The van der Waals surface area contributed by atoms with E-state index in [4.69, 9.17) is 0 Å². The van der Waals surface area contributed by atoms with Gasteiger partial charge in [0.25, 0.3) is 5.91 Å². The van der Waals surface area contributed by atoms with Crippen molar-refractivity contribution in [1.82, 2.24) is 5.32 Å². The van der Waals surface area contributed by atoms with Gasteiger partial charge in [0, 0.05) is 24.2 Å². The SMILES string of the molecule is CCCCCCCCNC(=O)c1ccc2c(c1)CCCC(=O)N2. The summed E-state index contributed by atoms with van der Waals surface area (Å²) in [6.45, 7) is 2.95. The summed E-state index contributed by atoms with van der Waals surface area (Å²) < 4.78 is 0. The number of amides is 2. The minimum Gasteiger partial charge on any atom is -0.352 e. The van der Waals surface area contributed by atoms with Crippen molar-refractivity contribution in [2.24, 2.45) is 0 Å². The molecule has 0 aromatic heterocycles. The first-order valence-corrected chi connectivity index (χ1v) is 8.91. The van der Waals surface area contributed by atoms with Crippen LogP contribution in [0.15, 0.2) is 18.2 Å². The standard InChI is InChI=1S/C19H28N2O2/c1-2-3-4-5-6-7-13-20-19(23)16-11-12-17-15(14-16)9-8-10-18(22)21-17/h11-12,14H,2-10,13H2,1H3,(H,20,23)(H,21,22). The lowest BCUT2D eigenvalue weighted by molar-refractivity contribution is -0.116. The second-order valence-electron chi connectivity index (χ2n) is 6.30. The summed E-state index contributed by atoms with van der Waals surface area (Å²) in [6.07, 6.45) is 9.55. The van der Waals surface area contributed by atoms with Crippen molar-refractivity contribution in [2.45, 2.75) is 64.7 Å². The number of carbonyl (C=O) groups excluding carboxylic acids is 2. The van der Waals surface area contributed by atoms with Gasteiger partial charge in [-0.3, -0.25) is 9.59 Å². The van der Waals surface area contributed by atoms with E-state index in [1.54, 1.807) is 6.07 Å². The molecular formula is C19H28N2O2. The van der Waals surface area contributed by atoms with Crippen LogP contribution in [0.5, 0.6) is 0 Å². The summed E-state index contributed by atoms with van der Waals surface area (Å²) >= 11 is 0. The van der Waals surface area contributed by atoms with Crippen molar-refractivity contribution in [3.63, 3.8) is 0 Å². The molecule has 0 unspecified atom stereocenters. The molecular weight excluding hydrogens is 288 g/mol. The number of unbranched alkanes of at least 4 members (excludes halogenated alkanes) is 5. The number of nitrogens with one attached hydrogen (secondary N) is 2. The van der Waals surface area contributed by atoms with Crippen LogP contribution in [-0.2, 0) is 11.2 Å². The Balaban J connectivity index is 1.79. The first-order valence-electron chi connectivity index (χ1n) is 8.91. The number of hydrogen-bond acceptors (Lipinski definition) is 2. The lowest BCUT2D eigenvalue weighted by Crippen LogP contribution is -2.24. The van der Waals surface area contributed by atoms with E-state index in [2.05, 4.69) is 17.6 Å². The molecule has 0 fully saturated rings. The van der Waals surface area contributed by atoms with Gasteiger partial charge in [-0.25, -0.2) is 0 Å². The van der Waals surface area contributed by atoms with Crippen molar-refractivity contribution in [3.8, 4) is 0 Å². The highest BCUT2D eigenvalue weighted by Crippen LogP contribution is 2.23. The van der Waals surface area contributed by atoms with Gasteiger partial charge in [-0.05, 0) is 43.0 Å². The Morgan fingerprint density at radius 2 is 1.91 bits per heavy atom. The number of carbonyl (C=O) groups is 2. The molecule has 0 saturated heterocycles. The molecule has 0 saturated carbocycles. The molecule has 1 aliphatic rings. The Morgan fingerprint density at radius 1 is 1.13 bits per heavy atom. The molecule has 126 valence electrons. The molecule has 2 N–H and O–H groups in total. The number of anilines is 1. The maximum atomic E-state index is 12.2. The van der Waals surface area contributed by atoms with Gasteiger partial charge in [-0.1, -0.05) is 39.0 Å². The highest BCUT2D eigenvalue weighted by Gasteiger charge is 2.14. The maximum absolute atomic E-state index is 12.2. The molecule has 1 heterocycles. The van der Waals surface area contributed by atoms with Gasteiger partial charge in [0.2, 0.25) is 5.91 Å². The maximum Gasteiger partial charge on any atom is 0.251 e. The first kappa shape index (κ1) is 17.5. The molecule has 1 aromatic carbocycles. The molecule has 2 rings (SSSR count). The number of fused-ring (bicyclic) bond motifs is 1. The highest BCUT2D eigenvalue weighted by atomic mass is 16.2. The van der Waals surface area contributed by atoms with Crippen LogP contribution in [0.3, 0.4) is 0 Å². The number of hydrogen-bond donors (Lipinski definition) is 2. The molecule has 0 aliphatic carbocycles. The first-order chi connectivity index (χ1) is 11.2. The molecule has 0 radical (unpaired) electrons. The summed E-state index contributed by atoms with van der Waals surface area (Å²) in [6, 6.07) is 5.55. The third-order valence-corrected chi connectivity index (χ3v) is 4.31. The van der Waals surface area contributed by atoms with E-state index < -0.39 is 0 Å². The Labute approximate surface area is 139 Å². The van der Waals surface area contributed by atoms with Gasteiger partial charge in [0.1, 0.15) is 0 Å². The zero-order chi connectivity index (χ0) is 16.5. The highest BCUT2D eigenvalue weighted by molar-refractivity contribution is 5.97. The molecule has 2 amide bonds. The molecule has 0 spiro atoms. The van der Waals surface area contributed by atoms with Gasteiger partial charge in [0.15, 0.2) is 0 Å². The van der Waals surface area contributed by atoms with E-state index in [0.717, 1.165) is 37.1 Å². The Hall–Kier alpha value is -1.84. The molecule has 23 heavy (non-hydrogen) atoms. The largest absolute Gasteiger partial charge is 0.352 e. The van der Waals surface area contributed by atoms with Gasteiger partial charge in [-0.15, -0.1) is 0 Å². The van der Waals surface area contributed by atoms with E-state index in [-0.39, 0.29) is 11.8 Å². The van der Waals surface area contributed by atoms with Crippen LogP contribution in [0.4, 0.5) is 5.69 Å². The fraction of sp³-hybridized carbons (Fsp3) is 0.579. The zero-order valence-electron chi connectivity index (χ0n) is 14.1. The smallest absolute Gasteiger partial charge is 0.251 e. The van der Waals surface area contributed by atoms with Crippen molar-refractivity contribution in [1.29, 1.82) is 0 Å². The van der Waals surface area contributed by atoms with Crippen LogP contribution >= 0.6 is 0 Å². The predicted molar refractivity (Wildman–Crippen MR) is 93.7 cm³/mol. The summed E-state index contributed by atoms with van der Waals surface area (Å²) in [4.78, 5) is 23.8. The molecule has 1 aliphatic heterocycles. The van der Waals surface area contributed by atoms with Gasteiger partial charge < -0.3 is 10.6 Å². The lowest BCUT2D eigenvalue weighted by atomic mass is 10.0. The molecule has 4 heteroatoms. The van der Waals surface area contributed by atoms with Crippen molar-refractivity contribution < 1.29 is 9.59 Å². The molecule has 0 atom stereocenters. The van der Waals surface area contributed by atoms with Crippen LogP contribution in [-0.4, -0.2) is 18.4 Å². The minimum atomic E-state index is -0.0167. The number of rotatable bonds is 8. The number of benzene rings is 1. The Morgan fingerprint density at radius 3 is 2.74 bits per heavy atom. The van der Waals surface area contributed by atoms with E-state index >= 15 is 0 Å². The van der Waals surface area contributed by atoms with Crippen LogP contribution < -0.4 is 10.6 Å². The normalized spacial score (nSPS) is 13.9. The van der Waals surface area contributed by atoms with Crippen LogP contribution in [0.2, 0.25) is 0 Å².